The van der Waals surface area contributed by atoms with Gasteiger partial charge in [0.2, 0.25) is 5.91 Å². The number of nitrogens with one attached hydrogen (secondary N) is 1. The van der Waals surface area contributed by atoms with Gasteiger partial charge in [-0.2, -0.15) is 0 Å². The van der Waals surface area contributed by atoms with Crippen molar-refractivity contribution in [3.05, 3.63) is 23.8 Å². The first-order chi connectivity index (χ1) is 10.2. The highest BCUT2D eigenvalue weighted by Crippen LogP contribution is 2.31. The Labute approximate surface area is 125 Å². The van der Waals surface area contributed by atoms with Crippen LogP contribution in [0.25, 0.3) is 0 Å². The maximum absolute atomic E-state index is 12.7. The van der Waals surface area contributed by atoms with E-state index in [1.807, 2.05) is 23.1 Å². The van der Waals surface area contributed by atoms with Crippen LogP contribution in [0.15, 0.2) is 18.2 Å². The summed E-state index contributed by atoms with van der Waals surface area (Å²) in [4.78, 5) is 14.7. The van der Waals surface area contributed by atoms with E-state index in [-0.39, 0.29) is 17.9 Å². The molecule has 0 aromatic heterocycles. The number of nitrogens with zero attached hydrogens (tertiary/aromatic N) is 1. The van der Waals surface area contributed by atoms with Crippen molar-refractivity contribution < 1.29 is 14.3 Å². The van der Waals surface area contributed by atoms with E-state index >= 15 is 0 Å². The predicted octanol–water partition coefficient (Wildman–Crippen LogP) is 1.07. The average molecular weight is 290 g/mol. The molecule has 2 atom stereocenters. The number of benzene rings is 1. The molecule has 0 spiro atoms. The minimum Gasteiger partial charge on any atom is -0.497 e. The van der Waals surface area contributed by atoms with Gasteiger partial charge >= 0.3 is 0 Å². The van der Waals surface area contributed by atoms with Crippen LogP contribution in [-0.4, -0.2) is 50.2 Å². The maximum atomic E-state index is 12.7. The molecule has 0 bridgehead atoms. The second-order valence-electron chi connectivity index (χ2n) is 5.77. The fraction of sp³-hybridized carbons (Fsp3) is 0.562. The first kappa shape index (κ1) is 14.2. The van der Waals surface area contributed by atoms with E-state index in [1.54, 1.807) is 7.11 Å². The quantitative estimate of drug-likeness (QED) is 0.885. The Kier molecular flexibility index (Phi) is 4.01. The second-order valence-corrected chi connectivity index (χ2v) is 5.77. The molecule has 1 aromatic rings. The molecule has 5 nitrogen and oxygen atoms in total. The lowest BCUT2D eigenvalue weighted by Crippen LogP contribution is -2.54. The molecule has 5 heteroatoms. The van der Waals surface area contributed by atoms with E-state index in [0.717, 1.165) is 43.1 Å². The molecule has 1 N–H and O–H groups in total. The van der Waals surface area contributed by atoms with Gasteiger partial charge in [0.05, 0.1) is 13.0 Å². The van der Waals surface area contributed by atoms with Crippen molar-refractivity contribution in [2.45, 2.75) is 19.4 Å². The Morgan fingerprint density at radius 2 is 2.33 bits per heavy atom. The number of carbonyl (C=O) groups is 1. The van der Waals surface area contributed by atoms with Gasteiger partial charge in [-0.15, -0.1) is 0 Å². The minimum atomic E-state index is -0.0774. The minimum absolute atomic E-state index is 0.0774. The first-order valence-corrected chi connectivity index (χ1v) is 7.50. The lowest BCUT2D eigenvalue weighted by atomic mass is 9.94. The number of ether oxygens (including phenoxy) is 2. The highest BCUT2D eigenvalue weighted by molar-refractivity contribution is 5.80. The monoisotopic (exact) mass is 290 g/mol. The van der Waals surface area contributed by atoms with Crippen molar-refractivity contribution in [1.29, 1.82) is 0 Å². The molecule has 1 saturated heterocycles. The summed E-state index contributed by atoms with van der Waals surface area (Å²) < 4.78 is 11.0. The van der Waals surface area contributed by atoms with Crippen molar-refractivity contribution in [2.24, 2.45) is 5.92 Å². The number of piperazine rings is 1. The van der Waals surface area contributed by atoms with Crippen LogP contribution in [0, 0.1) is 5.92 Å². The largest absolute Gasteiger partial charge is 0.497 e. The van der Waals surface area contributed by atoms with Gasteiger partial charge in [0.1, 0.15) is 18.1 Å². The SMILES string of the molecule is COc1ccc2c(c1)OCC(C(=O)N1CCNCC1C)C2. The van der Waals surface area contributed by atoms with Crippen LogP contribution in [0.3, 0.4) is 0 Å². The van der Waals surface area contributed by atoms with Crippen LogP contribution in [0.2, 0.25) is 0 Å². The van der Waals surface area contributed by atoms with Gasteiger partial charge in [0.15, 0.2) is 0 Å². The van der Waals surface area contributed by atoms with Crippen molar-refractivity contribution in [2.75, 3.05) is 33.4 Å². The smallest absolute Gasteiger partial charge is 0.229 e. The van der Waals surface area contributed by atoms with Gasteiger partial charge < -0.3 is 19.7 Å². The number of amides is 1. The van der Waals surface area contributed by atoms with Crippen LogP contribution in [0.5, 0.6) is 11.5 Å². The predicted molar refractivity (Wildman–Crippen MR) is 79.7 cm³/mol. The van der Waals surface area contributed by atoms with Crippen LogP contribution in [0.4, 0.5) is 0 Å². The van der Waals surface area contributed by atoms with Crippen molar-refractivity contribution in [1.82, 2.24) is 10.2 Å². The zero-order valence-corrected chi connectivity index (χ0v) is 12.6. The fourth-order valence-electron chi connectivity index (χ4n) is 3.04. The fourth-order valence-corrected chi connectivity index (χ4v) is 3.04. The molecule has 0 radical (unpaired) electrons. The van der Waals surface area contributed by atoms with Gasteiger partial charge in [-0.1, -0.05) is 6.07 Å². The highest BCUT2D eigenvalue weighted by Gasteiger charge is 2.32. The molecule has 0 aliphatic carbocycles. The molecule has 0 saturated carbocycles. The van der Waals surface area contributed by atoms with E-state index in [2.05, 4.69) is 12.2 Å². The molecule has 2 unspecified atom stereocenters. The number of rotatable bonds is 2. The summed E-state index contributed by atoms with van der Waals surface area (Å²) in [5.41, 5.74) is 1.09. The number of hydrogen-bond donors (Lipinski definition) is 1. The standard InChI is InChI=1S/C16H22N2O3/c1-11-9-17-5-6-18(11)16(19)13-7-12-3-4-14(20-2)8-15(12)21-10-13/h3-4,8,11,13,17H,5-7,9-10H2,1-2H3. The zero-order valence-electron chi connectivity index (χ0n) is 12.6. The lowest BCUT2D eigenvalue weighted by Gasteiger charge is -2.37. The number of carbonyl (C=O) groups excluding carboxylic acids is 1. The molecular formula is C16H22N2O3. The Morgan fingerprint density at radius 3 is 3.10 bits per heavy atom. The molecule has 21 heavy (non-hydrogen) atoms. The molecule has 2 aliphatic heterocycles. The molecule has 1 amide bonds. The third-order valence-electron chi connectivity index (χ3n) is 4.31. The van der Waals surface area contributed by atoms with Crippen molar-refractivity contribution in [3.8, 4) is 11.5 Å². The molecule has 2 aliphatic rings. The molecule has 1 aromatic carbocycles. The first-order valence-electron chi connectivity index (χ1n) is 7.50. The molecular weight excluding hydrogens is 268 g/mol. The van der Waals surface area contributed by atoms with Gasteiger partial charge in [0, 0.05) is 31.7 Å². The highest BCUT2D eigenvalue weighted by atomic mass is 16.5. The third kappa shape index (κ3) is 2.83. The van der Waals surface area contributed by atoms with E-state index in [0.29, 0.717) is 6.61 Å². The van der Waals surface area contributed by atoms with E-state index in [1.165, 1.54) is 0 Å². The van der Waals surface area contributed by atoms with E-state index in [4.69, 9.17) is 9.47 Å². The summed E-state index contributed by atoms with van der Waals surface area (Å²) in [6.07, 6.45) is 0.745. The average Bonchev–Trinajstić information content (AvgIpc) is 2.53. The van der Waals surface area contributed by atoms with E-state index < -0.39 is 0 Å². The Hall–Kier alpha value is -1.75. The maximum Gasteiger partial charge on any atom is 0.229 e. The summed E-state index contributed by atoms with van der Waals surface area (Å²) in [6, 6.07) is 6.06. The number of hydrogen-bond acceptors (Lipinski definition) is 4. The number of fused-ring (bicyclic) bond motifs is 1. The van der Waals surface area contributed by atoms with Gasteiger partial charge in [-0.05, 0) is 25.0 Å². The molecule has 114 valence electrons. The summed E-state index contributed by atoms with van der Waals surface area (Å²) in [5, 5.41) is 3.31. The van der Waals surface area contributed by atoms with Crippen LogP contribution in [-0.2, 0) is 11.2 Å². The Bertz CT molecular complexity index is 532. The second kappa shape index (κ2) is 5.93. The van der Waals surface area contributed by atoms with Gasteiger partial charge in [-0.3, -0.25) is 4.79 Å². The lowest BCUT2D eigenvalue weighted by molar-refractivity contribution is -0.139. The van der Waals surface area contributed by atoms with E-state index in [9.17, 15) is 4.79 Å². The summed E-state index contributed by atoms with van der Waals surface area (Å²) in [5.74, 6) is 1.76. The molecule has 3 rings (SSSR count). The summed E-state index contributed by atoms with van der Waals surface area (Å²) in [7, 11) is 1.64. The van der Waals surface area contributed by atoms with Crippen molar-refractivity contribution in [3.63, 3.8) is 0 Å². The topological polar surface area (TPSA) is 50.8 Å². The Balaban J connectivity index is 1.72. The van der Waals surface area contributed by atoms with Gasteiger partial charge in [0.25, 0.3) is 0 Å². The normalized spacial score (nSPS) is 25.0. The van der Waals surface area contributed by atoms with Crippen LogP contribution in [0.1, 0.15) is 12.5 Å². The third-order valence-corrected chi connectivity index (χ3v) is 4.31. The zero-order chi connectivity index (χ0) is 14.8. The van der Waals surface area contributed by atoms with Gasteiger partial charge in [-0.25, -0.2) is 0 Å². The molecule has 1 fully saturated rings. The summed E-state index contributed by atoms with van der Waals surface area (Å²) in [6.45, 7) is 5.07. The molecule has 2 heterocycles. The van der Waals surface area contributed by atoms with Crippen LogP contribution >= 0.6 is 0 Å². The van der Waals surface area contributed by atoms with Crippen molar-refractivity contribution >= 4 is 5.91 Å². The summed E-state index contributed by atoms with van der Waals surface area (Å²) >= 11 is 0. The number of methoxy groups -OCH3 is 1. The van der Waals surface area contributed by atoms with Crippen LogP contribution < -0.4 is 14.8 Å². The Morgan fingerprint density at radius 1 is 1.48 bits per heavy atom.